The fourth-order valence-electron chi connectivity index (χ4n) is 1.49. The number of nitrogens with one attached hydrogen (secondary N) is 2. The third kappa shape index (κ3) is 4.99. The molecule has 8 heteroatoms. The third-order valence-electron chi connectivity index (χ3n) is 2.58. The quantitative estimate of drug-likeness (QED) is 0.707. The Bertz CT molecular complexity index is 552. The Kier molecular flexibility index (Phi) is 6.84. The van der Waals surface area contributed by atoms with Gasteiger partial charge in [-0.1, -0.05) is 11.6 Å². The molecule has 0 saturated carbocycles. The Labute approximate surface area is 123 Å². The van der Waals surface area contributed by atoms with E-state index >= 15 is 0 Å². The zero-order chi connectivity index (χ0) is 15.2. The van der Waals surface area contributed by atoms with E-state index in [0.717, 1.165) is 6.07 Å². The molecule has 0 aliphatic heterocycles. The van der Waals surface area contributed by atoms with Crippen molar-refractivity contribution < 1.29 is 17.5 Å². The van der Waals surface area contributed by atoms with Gasteiger partial charge in [0.15, 0.2) is 0 Å². The molecule has 0 atom stereocenters. The highest BCUT2D eigenvalue weighted by Gasteiger charge is 2.19. The Hall–Kier alpha value is -0.730. The number of rotatable bonds is 8. The number of methoxy groups -OCH3 is 1. The van der Waals surface area contributed by atoms with Crippen LogP contribution in [0.3, 0.4) is 0 Å². The van der Waals surface area contributed by atoms with Gasteiger partial charge in [-0.15, -0.1) is 0 Å². The van der Waals surface area contributed by atoms with Gasteiger partial charge in [0.05, 0.1) is 11.6 Å². The van der Waals surface area contributed by atoms with Crippen molar-refractivity contribution in [2.24, 2.45) is 0 Å². The monoisotopic (exact) mass is 324 g/mol. The number of benzene rings is 1. The number of hydrogen-bond acceptors (Lipinski definition) is 4. The first-order valence-electron chi connectivity index (χ1n) is 6.03. The average molecular weight is 325 g/mol. The third-order valence-corrected chi connectivity index (χ3v) is 4.51. The second-order valence-corrected chi connectivity index (χ2v) is 6.31. The summed E-state index contributed by atoms with van der Waals surface area (Å²) >= 11 is 5.78. The number of ether oxygens (including phenoxy) is 1. The van der Waals surface area contributed by atoms with E-state index in [1.54, 1.807) is 7.11 Å². The smallest absolute Gasteiger partial charge is 0.242 e. The van der Waals surface area contributed by atoms with Crippen molar-refractivity contribution in [2.75, 3.05) is 33.4 Å². The highest BCUT2D eigenvalue weighted by atomic mass is 35.5. The number of halogens is 2. The summed E-state index contributed by atoms with van der Waals surface area (Å²) in [5, 5.41) is 2.87. The lowest BCUT2D eigenvalue weighted by atomic mass is 10.2. The van der Waals surface area contributed by atoms with Crippen molar-refractivity contribution in [3.63, 3.8) is 0 Å². The molecular formula is C12H18ClFN2O3S. The van der Waals surface area contributed by atoms with Gasteiger partial charge < -0.3 is 10.1 Å². The van der Waals surface area contributed by atoms with Gasteiger partial charge in [0.2, 0.25) is 10.0 Å². The van der Waals surface area contributed by atoms with Crippen molar-refractivity contribution in [1.29, 1.82) is 0 Å². The fraction of sp³-hybridized carbons (Fsp3) is 0.500. The van der Waals surface area contributed by atoms with E-state index < -0.39 is 15.8 Å². The van der Waals surface area contributed by atoms with Crippen LogP contribution in [0.1, 0.15) is 5.56 Å². The summed E-state index contributed by atoms with van der Waals surface area (Å²) in [6.07, 6.45) is 0. The highest BCUT2D eigenvalue weighted by Crippen LogP contribution is 2.24. The van der Waals surface area contributed by atoms with Crippen molar-refractivity contribution in [1.82, 2.24) is 10.0 Å². The molecule has 0 aliphatic rings. The van der Waals surface area contributed by atoms with Gasteiger partial charge in [0.25, 0.3) is 0 Å². The molecule has 0 spiro atoms. The number of hydrogen-bond donors (Lipinski definition) is 2. The van der Waals surface area contributed by atoms with E-state index in [-0.39, 0.29) is 22.0 Å². The minimum absolute atomic E-state index is 0.116. The first kappa shape index (κ1) is 17.3. The maximum Gasteiger partial charge on any atom is 0.242 e. The summed E-state index contributed by atoms with van der Waals surface area (Å²) < 4.78 is 44.6. The van der Waals surface area contributed by atoms with E-state index in [4.69, 9.17) is 16.3 Å². The summed E-state index contributed by atoms with van der Waals surface area (Å²) in [7, 11) is -2.16. The predicted molar refractivity (Wildman–Crippen MR) is 76.1 cm³/mol. The van der Waals surface area contributed by atoms with Crippen LogP contribution in [0, 0.1) is 12.7 Å². The van der Waals surface area contributed by atoms with E-state index in [0.29, 0.717) is 19.7 Å². The molecule has 0 bridgehead atoms. The van der Waals surface area contributed by atoms with Crippen molar-refractivity contribution >= 4 is 21.6 Å². The van der Waals surface area contributed by atoms with Crippen LogP contribution in [-0.2, 0) is 14.8 Å². The topological polar surface area (TPSA) is 67.4 Å². The summed E-state index contributed by atoms with van der Waals surface area (Å²) in [5.41, 5.74) is 0.230. The Morgan fingerprint density at radius 3 is 2.65 bits per heavy atom. The lowest BCUT2D eigenvalue weighted by Crippen LogP contribution is -2.33. The van der Waals surface area contributed by atoms with Gasteiger partial charge in [0.1, 0.15) is 10.7 Å². The molecule has 1 aromatic carbocycles. The van der Waals surface area contributed by atoms with E-state index in [9.17, 15) is 12.8 Å². The van der Waals surface area contributed by atoms with E-state index in [1.165, 1.54) is 13.0 Å². The molecule has 0 saturated heterocycles. The normalized spacial score (nSPS) is 11.8. The Balaban J connectivity index is 2.63. The molecular weight excluding hydrogens is 307 g/mol. The molecule has 0 aromatic heterocycles. The zero-order valence-electron chi connectivity index (χ0n) is 11.4. The van der Waals surface area contributed by atoms with Gasteiger partial charge in [-0.05, 0) is 24.6 Å². The first-order chi connectivity index (χ1) is 9.38. The molecule has 0 radical (unpaired) electrons. The molecule has 1 rings (SSSR count). The van der Waals surface area contributed by atoms with Gasteiger partial charge >= 0.3 is 0 Å². The summed E-state index contributed by atoms with van der Waals surface area (Å²) in [4.78, 5) is -0.116. The van der Waals surface area contributed by atoms with Crippen LogP contribution in [-0.4, -0.2) is 41.8 Å². The van der Waals surface area contributed by atoms with Crippen LogP contribution in [0.25, 0.3) is 0 Å². The molecule has 0 aliphatic carbocycles. The number of aryl methyl sites for hydroxylation is 1. The van der Waals surface area contributed by atoms with Crippen molar-refractivity contribution in [2.45, 2.75) is 11.8 Å². The van der Waals surface area contributed by atoms with Crippen LogP contribution in [0.15, 0.2) is 17.0 Å². The Morgan fingerprint density at radius 1 is 1.30 bits per heavy atom. The van der Waals surface area contributed by atoms with Crippen LogP contribution in [0.2, 0.25) is 5.02 Å². The predicted octanol–water partition coefficient (Wildman–Crippen LogP) is 1.30. The second kappa shape index (κ2) is 7.90. The summed E-state index contributed by atoms with van der Waals surface area (Å²) in [6.45, 7) is 3.33. The van der Waals surface area contributed by atoms with E-state index in [1.807, 2.05) is 0 Å². The molecule has 0 amide bonds. The maximum absolute atomic E-state index is 13.3. The van der Waals surface area contributed by atoms with Crippen LogP contribution < -0.4 is 10.0 Å². The molecule has 5 nitrogen and oxygen atoms in total. The molecule has 20 heavy (non-hydrogen) atoms. The SMILES string of the molecule is COCCNCCNS(=O)(=O)c1cc(C)c(F)cc1Cl. The van der Waals surface area contributed by atoms with Gasteiger partial charge in [-0.3, -0.25) is 0 Å². The lowest BCUT2D eigenvalue weighted by Gasteiger charge is -2.10. The highest BCUT2D eigenvalue weighted by molar-refractivity contribution is 7.89. The molecule has 2 N–H and O–H groups in total. The first-order valence-corrected chi connectivity index (χ1v) is 7.89. The van der Waals surface area contributed by atoms with Crippen LogP contribution in [0.4, 0.5) is 4.39 Å². The maximum atomic E-state index is 13.3. The standard InChI is InChI=1S/C12H18ClFN2O3S/c1-9-7-12(10(13)8-11(9)14)20(17,18)16-4-3-15-5-6-19-2/h7-8,15-16H,3-6H2,1-2H3. The zero-order valence-corrected chi connectivity index (χ0v) is 12.9. The van der Waals surface area contributed by atoms with Crippen LogP contribution in [0.5, 0.6) is 0 Å². The van der Waals surface area contributed by atoms with Gasteiger partial charge in [-0.2, -0.15) is 0 Å². The van der Waals surface area contributed by atoms with E-state index in [2.05, 4.69) is 10.0 Å². The molecule has 114 valence electrons. The molecule has 0 unspecified atom stereocenters. The van der Waals surface area contributed by atoms with Gasteiger partial charge in [-0.25, -0.2) is 17.5 Å². The average Bonchev–Trinajstić information content (AvgIpc) is 2.37. The lowest BCUT2D eigenvalue weighted by molar-refractivity contribution is 0.199. The molecule has 1 aromatic rings. The largest absolute Gasteiger partial charge is 0.383 e. The molecule has 0 fully saturated rings. The fourth-order valence-corrected chi connectivity index (χ4v) is 3.12. The minimum Gasteiger partial charge on any atom is -0.383 e. The second-order valence-electron chi connectivity index (χ2n) is 4.17. The summed E-state index contributed by atoms with van der Waals surface area (Å²) in [5.74, 6) is -0.532. The van der Waals surface area contributed by atoms with Gasteiger partial charge in [0, 0.05) is 26.7 Å². The van der Waals surface area contributed by atoms with Crippen LogP contribution >= 0.6 is 11.6 Å². The van der Waals surface area contributed by atoms with Crippen molar-refractivity contribution in [3.05, 3.63) is 28.5 Å². The molecule has 0 heterocycles. The number of sulfonamides is 1. The minimum atomic E-state index is -3.74. The summed E-state index contributed by atoms with van der Waals surface area (Å²) in [6, 6.07) is 2.22. The Morgan fingerprint density at radius 2 is 2.00 bits per heavy atom. The van der Waals surface area contributed by atoms with Crippen molar-refractivity contribution in [3.8, 4) is 0 Å².